The molecule has 78 valence electrons. The van der Waals surface area contributed by atoms with Crippen molar-refractivity contribution in [3.63, 3.8) is 0 Å². The molecular formula is C12H13NOS. The van der Waals surface area contributed by atoms with E-state index >= 15 is 0 Å². The molecule has 0 radical (unpaired) electrons. The van der Waals surface area contributed by atoms with Crippen molar-refractivity contribution in [3.05, 3.63) is 36.4 Å². The van der Waals surface area contributed by atoms with Crippen molar-refractivity contribution in [2.45, 2.75) is 11.8 Å². The largest absolute Gasteiger partial charge is 0.307 e. The van der Waals surface area contributed by atoms with Gasteiger partial charge in [-0.15, -0.1) is 11.8 Å². The van der Waals surface area contributed by atoms with Crippen LogP contribution in [0.15, 0.2) is 41.3 Å². The van der Waals surface area contributed by atoms with Crippen LogP contribution < -0.4 is 4.90 Å². The number of fused-ring (bicyclic) bond motifs is 1. The summed E-state index contributed by atoms with van der Waals surface area (Å²) in [6, 6.07) is 8.05. The predicted octanol–water partition coefficient (Wildman–Crippen LogP) is 2.70. The number of hydrogen-bond donors (Lipinski definition) is 0. The van der Waals surface area contributed by atoms with Crippen LogP contribution in [-0.2, 0) is 4.79 Å². The third kappa shape index (κ3) is 2.07. The summed E-state index contributed by atoms with van der Waals surface area (Å²) < 4.78 is 0. The van der Waals surface area contributed by atoms with Crippen LogP contribution in [0.4, 0.5) is 5.69 Å². The third-order valence-electron chi connectivity index (χ3n) is 2.30. The van der Waals surface area contributed by atoms with E-state index in [4.69, 9.17) is 0 Å². The van der Waals surface area contributed by atoms with E-state index in [1.165, 1.54) is 4.90 Å². The van der Waals surface area contributed by atoms with Crippen molar-refractivity contribution in [2.24, 2.45) is 0 Å². The lowest BCUT2D eigenvalue weighted by Crippen LogP contribution is -2.34. The number of thioether (sulfide) groups is 1. The molecule has 1 aromatic carbocycles. The Morgan fingerprint density at radius 2 is 2.27 bits per heavy atom. The van der Waals surface area contributed by atoms with E-state index in [9.17, 15) is 4.79 Å². The third-order valence-corrected chi connectivity index (χ3v) is 3.35. The van der Waals surface area contributed by atoms with E-state index in [1.54, 1.807) is 12.2 Å². The van der Waals surface area contributed by atoms with Crippen LogP contribution in [0.2, 0.25) is 0 Å². The fraction of sp³-hybridized carbons (Fsp3) is 0.250. The monoisotopic (exact) mass is 219 g/mol. The molecule has 0 aromatic heterocycles. The number of carbonyl (C=O) groups excluding carboxylic acids is 1. The smallest absolute Gasteiger partial charge is 0.250 e. The molecule has 1 aliphatic rings. The molecule has 0 fully saturated rings. The predicted molar refractivity (Wildman–Crippen MR) is 64.3 cm³/mol. The van der Waals surface area contributed by atoms with Gasteiger partial charge in [0.05, 0.1) is 5.69 Å². The van der Waals surface area contributed by atoms with Crippen molar-refractivity contribution in [1.82, 2.24) is 0 Å². The maximum atomic E-state index is 11.8. The molecule has 1 amide bonds. The zero-order chi connectivity index (χ0) is 10.7. The number of allylic oxidation sites excluding steroid dienone is 1. The molecule has 0 spiro atoms. The Morgan fingerprint density at radius 1 is 1.47 bits per heavy atom. The molecule has 1 aromatic rings. The number of anilines is 1. The Labute approximate surface area is 94.0 Å². The zero-order valence-electron chi connectivity index (χ0n) is 8.64. The molecule has 1 heterocycles. The first kappa shape index (κ1) is 10.3. The Morgan fingerprint density at radius 3 is 3.07 bits per heavy atom. The lowest BCUT2D eigenvalue weighted by molar-refractivity contribution is -0.114. The van der Waals surface area contributed by atoms with Crippen molar-refractivity contribution in [2.75, 3.05) is 17.2 Å². The second-order valence-electron chi connectivity index (χ2n) is 3.31. The first-order valence-corrected chi connectivity index (χ1v) is 5.97. The molecule has 1 aliphatic heterocycles. The lowest BCUT2D eigenvalue weighted by Gasteiger charge is -2.27. The number of nitrogens with zero attached hydrogens (tertiary/aromatic N) is 1. The number of para-hydroxylation sites is 1. The quantitative estimate of drug-likeness (QED) is 0.677. The minimum Gasteiger partial charge on any atom is -0.307 e. The van der Waals surface area contributed by atoms with Crippen LogP contribution in [0.25, 0.3) is 0 Å². The van der Waals surface area contributed by atoms with Gasteiger partial charge < -0.3 is 4.90 Å². The maximum Gasteiger partial charge on any atom is 0.250 e. The fourth-order valence-electron chi connectivity index (χ4n) is 1.63. The molecule has 3 heteroatoms. The summed E-state index contributed by atoms with van der Waals surface area (Å²) in [6.45, 7) is 2.66. The van der Waals surface area contributed by atoms with Crippen LogP contribution in [0.5, 0.6) is 0 Å². The lowest BCUT2D eigenvalue weighted by atomic mass is 10.2. The van der Waals surface area contributed by atoms with Gasteiger partial charge >= 0.3 is 0 Å². The Hall–Kier alpha value is -1.22. The second-order valence-corrected chi connectivity index (χ2v) is 4.44. The summed E-state index contributed by atoms with van der Waals surface area (Å²) in [5.74, 6) is 1.05. The Bertz CT molecular complexity index is 400. The van der Waals surface area contributed by atoms with E-state index < -0.39 is 0 Å². The number of carbonyl (C=O) groups is 1. The van der Waals surface area contributed by atoms with Crippen LogP contribution in [-0.4, -0.2) is 18.2 Å². The number of rotatable bonds is 1. The molecule has 0 atom stereocenters. The normalized spacial score (nSPS) is 15.4. The highest BCUT2D eigenvalue weighted by Gasteiger charge is 2.20. The van der Waals surface area contributed by atoms with Gasteiger partial charge in [0.15, 0.2) is 0 Å². The van der Waals surface area contributed by atoms with Gasteiger partial charge in [-0.25, -0.2) is 0 Å². The van der Waals surface area contributed by atoms with Crippen LogP contribution >= 0.6 is 11.8 Å². The molecule has 0 bridgehead atoms. The Balaban J connectivity index is 2.33. The number of benzene rings is 1. The molecule has 0 N–H and O–H groups in total. The van der Waals surface area contributed by atoms with Gasteiger partial charge in [-0.2, -0.15) is 0 Å². The molecule has 2 rings (SSSR count). The van der Waals surface area contributed by atoms with E-state index in [0.29, 0.717) is 0 Å². The summed E-state index contributed by atoms with van der Waals surface area (Å²) in [5.41, 5.74) is 1.04. The second kappa shape index (κ2) is 4.53. The molecule has 0 aliphatic carbocycles. The van der Waals surface area contributed by atoms with Crippen LogP contribution in [0.3, 0.4) is 0 Å². The topological polar surface area (TPSA) is 20.3 Å². The van der Waals surface area contributed by atoms with Gasteiger partial charge in [0.1, 0.15) is 0 Å². The van der Waals surface area contributed by atoms with Gasteiger partial charge in [-0.1, -0.05) is 18.2 Å². The summed E-state index contributed by atoms with van der Waals surface area (Å²) in [4.78, 5) is 14.8. The van der Waals surface area contributed by atoms with Gasteiger partial charge in [0.2, 0.25) is 0 Å². The maximum absolute atomic E-state index is 11.8. The molecule has 0 saturated carbocycles. The average molecular weight is 219 g/mol. The van der Waals surface area contributed by atoms with Crippen LogP contribution in [0, 0.1) is 0 Å². The highest BCUT2D eigenvalue weighted by Crippen LogP contribution is 2.34. The molecule has 0 saturated heterocycles. The van der Waals surface area contributed by atoms with Gasteiger partial charge in [-0.3, -0.25) is 4.79 Å². The van der Waals surface area contributed by atoms with E-state index in [1.807, 2.05) is 41.8 Å². The first-order chi connectivity index (χ1) is 7.33. The molecule has 2 nitrogen and oxygen atoms in total. The van der Waals surface area contributed by atoms with Crippen molar-refractivity contribution in [1.29, 1.82) is 0 Å². The number of amides is 1. The minimum atomic E-state index is 0.0743. The first-order valence-electron chi connectivity index (χ1n) is 4.99. The van der Waals surface area contributed by atoms with E-state index in [2.05, 4.69) is 6.07 Å². The summed E-state index contributed by atoms with van der Waals surface area (Å²) in [7, 11) is 0. The van der Waals surface area contributed by atoms with E-state index in [0.717, 1.165) is 18.0 Å². The van der Waals surface area contributed by atoms with Crippen molar-refractivity contribution >= 4 is 23.4 Å². The number of hydrogen-bond acceptors (Lipinski definition) is 2. The molecular weight excluding hydrogens is 206 g/mol. The average Bonchev–Trinajstić information content (AvgIpc) is 2.28. The van der Waals surface area contributed by atoms with Crippen molar-refractivity contribution in [3.8, 4) is 0 Å². The fourth-order valence-corrected chi connectivity index (χ4v) is 2.63. The SMILES string of the molecule is CC=CC(=O)N1CCSc2ccccc21. The standard InChI is InChI=1S/C12H13NOS/c1-2-5-12(14)13-8-9-15-11-7-4-3-6-10(11)13/h2-7H,8-9H2,1H3. The zero-order valence-corrected chi connectivity index (χ0v) is 9.46. The summed E-state index contributed by atoms with van der Waals surface area (Å²) in [5, 5.41) is 0. The summed E-state index contributed by atoms with van der Waals surface area (Å²) in [6.07, 6.45) is 3.40. The highest BCUT2D eigenvalue weighted by molar-refractivity contribution is 7.99. The van der Waals surface area contributed by atoms with Crippen molar-refractivity contribution < 1.29 is 4.79 Å². The molecule has 15 heavy (non-hydrogen) atoms. The summed E-state index contributed by atoms with van der Waals surface area (Å²) >= 11 is 1.81. The van der Waals surface area contributed by atoms with E-state index in [-0.39, 0.29) is 5.91 Å². The van der Waals surface area contributed by atoms with Gasteiger partial charge in [-0.05, 0) is 25.1 Å². The Kier molecular flexibility index (Phi) is 3.11. The van der Waals surface area contributed by atoms with Crippen LogP contribution in [0.1, 0.15) is 6.92 Å². The minimum absolute atomic E-state index is 0.0743. The van der Waals surface area contributed by atoms with Gasteiger partial charge in [0, 0.05) is 17.2 Å². The van der Waals surface area contributed by atoms with Gasteiger partial charge in [0.25, 0.3) is 5.91 Å². The molecule has 0 unspecified atom stereocenters. The highest BCUT2D eigenvalue weighted by atomic mass is 32.2.